The van der Waals surface area contributed by atoms with Gasteiger partial charge in [-0.15, -0.1) is 0 Å². The normalized spacial score (nSPS) is 21.6. The van der Waals surface area contributed by atoms with Crippen LogP contribution in [0.4, 0.5) is 5.69 Å². The summed E-state index contributed by atoms with van der Waals surface area (Å²) in [4.78, 5) is 29.2. The lowest BCUT2D eigenvalue weighted by atomic mass is 10.0. The topological polar surface area (TPSA) is 46.3 Å². The highest BCUT2D eigenvalue weighted by Gasteiger charge is 2.38. The number of carbonyl (C=O) groups excluding carboxylic acids is 2. The zero-order chi connectivity index (χ0) is 19.8. The highest BCUT2D eigenvalue weighted by atomic mass is 16.2. The summed E-state index contributed by atoms with van der Waals surface area (Å²) in [6, 6.07) is 22.4. The van der Waals surface area contributed by atoms with Gasteiger partial charge in [-0.2, -0.15) is 0 Å². The molecule has 3 aromatic rings. The van der Waals surface area contributed by atoms with Gasteiger partial charge >= 0.3 is 5.91 Å². The summed E-state index contributed by atoms with van der Waals surface area (Å²) in [5.74, 6) is -0.760. The fourth-order valence-electron chi connectivity index (χ4n) is 4.64. The van der Waals surface area contributed by atoms with Crippen molar-refractivity contribution in [3.63, 3.8) is 0 Å². The lowest BCUT2D eigenvalue weighted by Crippen LogP contribution is -3.28. The fourth-order valence-corrected chi connectivity index (χ4v) is 4.64. The predicted octanol–water partition coefficient (Wildman–Crippen LogP) is 0.310. The van der Waals surface area contributed by atoms with Crippen LogP contribution in [0, 0.1) is 0 Å². The summed E-state index contributed by atoms with van der Waals surface area (Å²) in [5, 5.41) is 2.64. The van der Waals surface area contributed by atoms with Gasteiger partial charge in [0.2, 0.25) is 0 Å². The second kappa shape index (κ2) is 7.43. The number of benzene rings is 3. The van der Waals surface area contributed by atoms with E-state index in [1.807, 2.05) is 18.2 Å². The molecule has 0 unspecified atom stereocenters. The van der Waals surface area contributed by atoms with Crippen LogP contribution in [0.1, 0.15) is 15.9 Å². The minimum absolute atomic E-state index is 0.375. The molecule has 2 aliphatic rings. The van der Waals surface area contributed by atoms with Gasteiger partial charge in [-0.25, -0.2) is 0 Å². The molecule has 1 amide bonds. The number of quaternary nitrogens is 2. The van der Waals surface area contributed by atoms with E-state index >= 15 is 0 Å². The van der Waals surface area contributed by atoms with Crippen molar-refractivity contribution in [2.24, 2.45) is 0 Å². The molecule has 3 aromatic carbocycles. The zero-order valence-electron chi connectivity index (χ0n) is 16.4. The van der Waals surface area contributed by atoms with E-state index in [9.17, 15) is 9.59 Å². The van der Waals surface area contributed by atoms with Crippen molar-refractivity contribution >= 4 is 28.2 Å². The van der Waals surface area contributed by atoms with Crippen LogP contribution in [-0.2, 0) is 11.3 Å². The Bertz CT molecular complexity index is 1080. The van der Waals surface area contributed by atoms with Gasteiger partial charge < -0.3 is 9.80 Å². The minimum Gasteiger partial charge on any atom is -0.322 e. The van der Waals surface area contributed by atoms with Crippen LogP contribution < -0.4 is 14.7 Å². The van der Waals surface area contributed by atoms with Gasteiger partial charge in [-0.1, -0.05) is 54.6 Å². The minimum atomic E-state index is -0.385. The van der Waals surface area contributed by atoms with Crippen molar-refractivity contribution in [3.8, 4) is 0 Å². The maximum atomic E-state index is 12.4. The maximum Gasteiger partial charge on any atom is 0.303 e. The number of rotatable bonds is 4. The number of nitrogens with one attached hydrogen (secondary N) is 2. The molecule has 2 N–H and O–H groups in total. The average Bonchev–Trinajstić information content (AvgIpc) is 3.00. The number of ketones is 1. The van der Waals surface area contributed by atoms with Crippen LogP contribution in [-0.4, -0.2) is 44.5 Å². The quantitative estimate of drug-likeness (QED) is 0.633. The SMILES string of the molecule is O=C1C(=O)N(C[NH+]2CC[NH+](Cc3cccc4ccccc34)CC2)c2ccccc21. The standard InChI is InChI=1S/C24H23N3O2/c28-23-21-10-3-4-11-22(21)27(24(23)29)17-26-14-12-25(13-15-26)16-19-8-5-7-18-6-1-2-9-20(18)19/h1-11H,12-17H2/p+2. The Labute approximate surface area is 170 Å². The third kappa shape index (κ3) is 3.33. The molecule has 0 spiro atoms. The molecule has 1 saturated heterocycles. The Morgan fingerprint density at radius 3 is 2.31 bits per heavy atom. The summed E-state index contributed by atoms with van der Waals surface area (Å²) in [6.07, 6.45) is 0. The van der Waals surface area contributed by atoms with Crippen molar-refractivity contribution in [2.45, 2.75) is 6.54 Å². The number of carbonyl (C=O) groups is 2. The molecular formula is C24H25N3O2+2. The molecule has 0 saturated carbocycles. The van der Waals surface area contributed by atoms with E-state index in [1.54, 1.807) is 15.9 Å². The highest BCUT2D eigenvalue weighted by Crippen LogP contribution is 2.27. The van der Waals surface area contributed by atoms with Gasteiger partial charge in [0.25, 0.3) is 5.78 Å². The van der Waals surface area contributed by atoms with Crippen molar-refractivity contribution in [2.75, 3.05) is 37.7 Å². The summed E-state index contributed by atoms with van der Waals surface area (Å²) in [6.45, 7) is 5.73. The number of para-hydroxylation sites is 1. The molecular weight excluding hydrogens is 362 g/mol. The van der Waals surface area contributed by atoms with Gasteiger partial charge in [0, 0.05) is 5.56 Å². The van der Waals surface area contributed by atoms with Crippen LogP contribution in [0.2, 0.25) is 0 Å². The number of anilines is 1. The summed E-state index contributed by atoms with van der Waals surface area (Å²) in [7, 11) is 0. The van der Waals surface area contributed by atoms with E-state index in [0.29, 0.717) is 12.2 Å². The second-order valence-corrected chi connectivity index (χ2v) is 8.05. The lowest BCUT2D eigenvalue weighted by molar-refractivity contribution is -1.02. The molecule has 146 valence electrons. The van der Waals surface area contributed by atoms with E-state index in [-0.39, 0.29) is 11.7 Å². The van der Waals surface area contributed by atoms with Crippen molar-refractivity contribution in [3.05, 3.63) is 77.9 Å². The van der Waals surface area contributed by atoms with Gasteiger partial charge in [0.15, 0.2) is 6.67 Å². The fraction of sp³-hybridized carbons (Fsp3) is 0.250. The monoisotopic (exact) mass is 387 g/mol. The van der Waals surface area contributed by atoms with Gasteiger partial charge in [-0.05, 0) is 22.9 Å². The Hall–Kier alpha value is -3.02. The number of nitrogens with zero attached hydrogens (tertiary/aromatic N) is 1. The third-order valence-electron chi connectivity index (χ3n) is 6.25. The second-order valence-electron chi connectivity index (χ2n) is 8.05. The van der Waals surface area contributed by atoms with E-state index in [1.165, 1.54) is 21.2 Å². The number of hydrogen-bond donors (Lipinski definition) is 2. The Kier molecular flexibility index (Phi) is 4.62. The van der Waals surface area contributed by atoms with Crippen LogP contribution in [0.5, 0.6) is 0 Å². The molecule has 0 radical (unpaired) electrons. The van der Waals surface area contributed by atoms with Crippen LogP contribution in [0.15, 0.2) is 66.7 Å². The molecule has 0 atom stereocenters. The Morgan fingerprint density at radius 1 is 0.759 bits per heavy atom. The first-order valence-corrected chi connectivity index (χ1v) is 10.3. The summed E-state index contributed by atoms with van der Waals surface area (Å²) < 4.78 is 0. The zero-order valence-corrected chi connectivity index (χ0v) is 16.4. The van der Waals surface area contributed by atoms with E-state index in [2.05, 4.69) is 42.5 Å². The molecule has 0 aromatic heterocycles. The molecule has 2 aliphatic heterocycles. The molecule has 1 fully saturated rings. The first-order chi connectivity index (χ1) is 14.2. The first-order valence-electron chi connectivity index (χ1n) is 10.3. The van der Waals surface area contributed by atoms with E-state index < -0.39 is 0 Å². The number of Topliss-reactive ketones (excluding diaryl/α,β-unsaturated/α-hetero) is 1. The summed E-state index contributed by atoms with van der Waals surface area (Å²) in [5.41, 5.74) is 2.70. The van der Waals surface area contributed by atoms with Gasteiger partial charge in [0.1, 0.15) is 32.7 Å². The van der Waals surface area contributed by atoms with Gasteiger partial charge in [-0.3, -0.25) is 14.5 Å². The third-order valence-corrected chi connectivity index (χ3v) is 6.25. The molecule has 2 heterocycles. The molecule has 5 heteroatoms. The largest absolute Gasteiger partial charge is 0.322 e. The van der Waals surface area contributed by atoms with Crippen LogP contribution in [0.25, 0.3) is 10.8 Å². The average molecular weight is 387 g/mol. The number of hydrogen-bond acceptors (Lipinski definition) is 2. The van der Waals surface area contributed by atoms with Gasteiger partial charge in [0.05, 0.1) is 11.3 Å². The van der Waals surface area contributed by atoms with E-state index in [0.717, 1.165) is 38.4 Å². The summed E-state index contributed by atoms with van der Waals surface area (Å²) >= 11 is 0. The molecule has 0 bridgehead atoms. The molecule has 29 heavy (non-hydrogen) atoms. The van der Waals surface area contributed by atoms with E-state index in [4.69, 9.17) is 0 Å². The number of piperazine rings is 1. The van der Waals surface area contributed by atoms with Crippen molar-refractivity contribution < 1.29 is 19.4 Å². The highest BCUT2D eigenvalue weighted by molar-refractivity contribution is 6.52. The van der Waals surface area contributed by atoms with Crippen molar-refractivity contribution in [1.82, 2.24) is 0 Å². The predicted molar refractivity (Wildman–Crippen MR) is 112 cm³/mol. The smallest absolute Gasteiger partial charge is 0.303 e. The van der Waals surface area contributed by atoms with Crippen LogP contribution >= 0.6 is 0 Å². The Balaban J connectivity index is 1.23. The Morgan fingerprint density at radius 2 is 1.45 bits per heavy atom. The molecule has 0 aliphatic carbocycles. The maximum absolute atomic E-state index is 12.4. The lowest BCUT2D eigenvalue weighted by Gasteiger charge is -2.32. The van der Waals surface area contributed by atoms with Crippen LogP contribution in [0.3, 0.4) is 0 Å². The first kappa shape index (κ1) is 18.0. The van der Waals surface area contributed by atoms with Crippen molar-refractivity contribution in [1.29, 1.82) is 0 Å². The molecule has 5 rings (SSSR count). The molecule has 5 nitrogen and oxygen atoms in total. The number of amides is 1. The number of fused-ring (bicyclic) bond motifs is 2.